The van der Waals surface area contributed by atoms with E-state index in [0.29, 0.717) is 29.8 Å². The summed E-state index contributed by atoms with van der Waals surface area (Å²) in [7, 11) is 4.62. The minimum atomic E-state index is -0.284. The van der Waals surface area contributed by atoms with Crippen LogP contribution in [0.2, 0.25) is 0 Å². The number of esters is 1. The predicted octanol–water partition coefficient (Wildman–Crippen LogP) is 3.72. The average Bonchev–Trinajstić information content (AvgIpc) is 3.28. The van der Waals surface area contributed by atoms with E-state index in [9.17, 15) is 4.79 Å². The molecular formula is C24H27N3O5. The summed E-state index contributed by atoms with van der Waals surface area (Å²) in [6, 6.07) is 11.7. The predicted molar refractivity (Wildman–Crippen MR) is 118 cm³/mol. The quantitative estimate of drug-likeness (QED) is 0.517. The Balaban J connectivity index is 1.63. The van der Waals surface area contributed by atoms with Crippen LogP contribution < -0.4 is 9.47 Å². The van der Waals surface area contributed by atoms with E-state index in [1.54, 1.807) is 14.2 Å². The van der Waals surface area contributed by atoms with Crippen LogP contribution in [0.5, 0.6) is 11.5 Å². The van der Waals surface area contributed by atoms with Crippen LogP contribution >= 0.6 is 0 Å². The van der Waals surface area contributed by atoms with Crippen LogP contribution in [0, 0.1) is 6.92 Å². The summed E-state index contributed by atoms with van der Waals surface area (Å²) in [6.45, 7) is 3.18. The normalized spacial score (nSPS) is 15.8. The Morgan fingerprint density at radius 3 is 2.66 bits per heavy atom. The van der Waals surface area contributed by atoms with Crippen LogP contribution in [0.15, 0.2) is 40.9 Å². The first-order valence-electron chi connectivity index (χ1n) is 10.5. The summed E-state index contributed by atoms with van der Waals surface area (Å²) in [6.07, 6.45) is 1.00. The van der Waals surface area contributed by atoms with Crippen molar-refractivity contribution in [3.8, 4) is 22.9 Å². The maximum atomic E-state index is 12.2. The number of rotatable bonds is 7. The summed E-state index contributed by atoms with van der Waals surface area (Å²) in [5.41, 5.74) is 4.17. The number of carbonyl (C=O) groups is 1. The van der Waals surface area contributed by atoms with Gasteiger partial charge in [0, 0.05) is 18.2 Å². The van der Waals surface area contributed by atoms with Gasteiger partial charge >= 0.3 is 5.97 Å². The maximum absolute atomic E-state index is 12.2. The first-order valence-corrected chi connectivity index (χ1v) is 10.5. The van der Waals surface area contributed by atoms with Crippen LogP contribution in [0.3, 0.4) is 0 Å². The molecule has 0 saturated heterocycles. The molecule has 1 atom stereocenters. The van der Waals surface area contributed by atoms with E-state index in [1.165, 1.54) is 7.11 Å². The Morgan fingerprint density at radius 1 is 1.16 bits per heavy atom. The minimum Gasteiger partial charge on any atom is -0.493 e. The van der Waals surface area contributed by atoms with Gasteiger partial charge in [-0.25, -0.2) is 0 Å². The molecule has 0 saturated carbocycles. The summed E-state index contributed by atoms with van der Waals surface area (Å²) in [5, 5.41) is 4.15. The molecule has 0 bridgehead atoms. The second kappa shape index (κ2) is 9.40. The fourth-order valence-corrected chi connectivity index (χ4v) is 4.14. The number of benzene rings is 2. The highest BCUT2D eigenvalue weighted by molar-refractivity contribution is 5.70. The average molecular weight is 437 g/mol. The lowest BCUT2D eigenvalue weighted by Crippen LogP contribution is -2.36. The van der Waals surface area contributed by atoms with Crippen molar-refractivity contribution in [1.29, 1.82) is 0 Å². The molecule has 0 N–H and O–H groups in total. The molecule has 1 aliphatic heterocycles. The van der Waals surface area contributed by atoms with Gasteiger partial charge in [0.15, 0.2) is 11.5 Å². The molecule has 4 rings (SSSR count). The smallest absolute Gasteiger partial charge is 0.307 e. The third-order valence-electron chi connectivity index (χ3n) is 5.78. The minimum absolute atomic E-state index is 0.206. The van der Waals surface area contributed by atoms with Crippen LogP contribution in [-0.4, -0.2) is 48.9 Å². The monoisotopic (exact) mass is 437 g/mol. The molecule has 2 heterocycles. The SMILES string of the molecule is COC(=O)CC1c2cc(OC)c(OC)cc2CCN1Cc1nc(-c2cccc(C)c2)no1. The lowest BCUT2D eigenvalue weighted by molar-refractivity contribution is -0.142. The van der Waals surface area contributed by atoms with Gasteiger partial charge in [-0.2, -0.15) is 4.98 Å². The highest BCUT2D eigenvalue weighted by Gasteiger charge is 2.32. The van der Waals surface area contributed by atoms with Crippen molar-refractivity contribution in [2.24, 2.45) is 0 Å². The van der Waals surface area contributed by atoms with Gasteiger partial charge < -0.3 is 18.7 Å². The molecule has 0 aliphatic carbocycles. The molecule has 32 heavy (non-hydrogen) atoms. The zero-order chi connectivity index (χ0) is 22.7. The van der Waals surface area contributed by atoms with Crippen molar-refractivity contribution in [3.05, 3.63) is 59.0 Å². The van der Waals surface area contributed by atoms with Crippen molar-refractivity contribution in [2.75, 3.05) is 27.9 Å². The zero-order valence-electron chi connectivity index (χ0n) is 18.8. The molecule has 3 aromatic rings. The molecule has 168 valence electrons. The van der Waals surface area contributed by atoms with Crippen LogP contribution in [0.25, 0.3) is 11.4 Å². The molecule has 2 aromatic carbocycles. The number of fused-ring (bicyclic) bond motifs is 1. The van der Waals surface area contributed by atoms with Crippen LogP contribution in [-0.2, 0) is 22.5 Å². The van der Waals surface area contributed by atoms with Crippen molar-refractivity contribution in [2.45, 2.75) is 32.4 Å². The van der Waals surface area contributed by atoms with E-state index in [2.05, 4.69) is 15.0 Å². The Morgan fingerprint density at radius 2 is 1.94 bits per heavy atom. The van der Waals surface area contributed by atoms with Gasteiger partial charge in [-0.1, -0.05) is 28.9 Å². The first kappa shape index (κ1) is 21.8. The van der Waals surface area contributed by atoms with Crippen molar-refractivity contribution in [1.82, 2.24) is 15.0 Å². The summed E-state index contributed by atoms with van der Waals surface area (Å²) in [4.78, 5) is 19.0. The molecule has 0 radical (unpaired) electrons. The standard InChI is InChI=1S/C24H27N3O5/c1-15-6-5-7-17(10-15)24-25-22(32-26-24)14-27-9-8-16-11-20(29-2)21(30-3)12-18(16)19(27)13-23(28)31-4/h5-7,10-12,19H,8-9,13-14H2,1-4H3. The van der Waals surface area contributed by atoms with E-state index in [-0.39, 0.29) is 18.4 Å². The van der Waals surface area contributed by atoms with E-state index < -0.39 is 0 Å². The van der Waals surface area contributed by atoms with Gasteiger partial charge in [0.05, 0.1) is 34.3 Å². The molecule has 0 amide bonds. The van der Waals surface area contributed by atoms with E-state index in [0.717, 1.165) is 35.2 Å². The third kappa shape index (κ3) is 4.45. The molecule has 1 aliphatic rings. The molecular weight excluding hydrogens is 410 g/mol. The number of nitrogens with zero attached hydrogens (tertiary/aromatic N) is 3. The Labute approximate surface area is 187 Å². The summed E-state index contributed by atoms with van der Waals surface area (Å²) >= 11 is 0. The second-order valence-corrected chi connectivity index (χ2v) is 7.80. The number of ether oxygens (including phenoxy) is 3. The summed E-state index contributed by atoms with van der Waals surface area (Å²) in [5.74, 6) is 2.07. The lowest BCUT2D eigenvalue weighted by Gasteiger charge is -2.36. The van der Waals surface area contributed by atoms with Crippen LogP contribution in [0.4, 0.5) is 0 Å². The largest absolute Gasteiger partial charge is 0.493 e. The van der Waals surface area contributed by atoms with Gasteiger partial charge in [0.2, 0.25) is 11.7 Å². The third-order valence-corrected chi connectivity index (χ3v) is 5.78. The fraction of sp³-hybridized carbons (Fsp3) is 0.375. The Hall–Kier alpha value is -3.39. The highest BCUT2D eigenvalue weighted by atomic mass is 16.5. The molecule has 1 aromatic heterocycles. The zero-order valence-corrected chi connectivity index (χ0v) is 18.8. The fourth-order valence-electron chi connectivity index (χ4n) is 4.14. The first-order chi connectivity index (χ1) is 15.5. The number of methoxy groups -OCH3 is 3. The number of aryl methyl sites for hydroxylation is 1. The van der Waals surface area contributed by atoms with Gasteiger partial charge in [-0.15, -0.1) is 0 Å². The Bertz CT molecular complexity index is 1110. The van der Waals surface area contributed by atoms with Gasteiger partial charge in [0.25, 0.3) is 0 Å². The number of carbonyl (C=O) groups excluding carboxylic acids is 1. The highest BCUT2D eigenvalue weighted by Crippen LogP contribution is 2.40. The maximum Gasteiger partial charge on any atom is 0.307 e. The van der Waals surface area contributed by atoms with Gasteiger partial charge in [-0.3, -0.25) is 9.69 Å². The number of aromatic nitrogens is 2. The van der Waals surface area contributed by atoms with Crippen LogP contribution in [0.1, 0.15) is 35.0 Å². The summed E-state index contributed by atoms with van der Waals surface area (Å²) < 4.78 is 21.5. The molecule has 0 fully saturated rings. The van der Waals surface area contributed by atoms with E-state index >= 15 is 0 Å². The van der Waals surface area contributed by atoms with Crippen molar-refractivity contribution in [3.63, 3.8) is 0 Å². The molecule has 0 spiro atoms. The van der Waals surface area contributed by atoms with Crippen molar-refractivity contribution < 1.29 is 23.5 Å². The molecule has 8 nitrogen and oxygen atoms in total. The molecule has 8 heteroatoms. The number of hydrogen-bond donors (Lipinski definition) is 0. The van der Waals surface area contributed by atoms with Gasteiger partial charge in [0.1, 0.15) is 0 Å². The molecule has 1 unspecified atom stereocenters. The van der Waals surface area contributed by atoms with E-state index in [1.807, 2.05) is 43.3 Å². The number of hydrogen-bond acceptors (Lipinski definition) is 8. The second-order valence-electron chi connectivity index (χ2n) is 7.80. The van der Waals surface area contributed by atoms with Gasteiger partial charge in [-0.05, 0) is 42.7 Å². The van der Waals surface area contributed by atoms with E-state index in [4.69, 9.17) is 18.7 Å². The topological polar surface area (TPSA) is 86.9 Å². The van der Waals surface area contributed by atoms with Crippen molar-refractivity contribution >= 4 is 5.97 Å². The Kier molecular flexibility index (Phi) is 6.41. The lowest BCUT2D eigenvalue weighted by atomic mass is 9.90.